The molecule has 0 radical (unpaired) electrons. The lowest BCUT2D eigenvalue weighted by Gasteiger charge is -2.26. The van der Waals surface area contributed by atoms with E-state index >= 15 is 0 Å². The molecule has 0 amide bonds. The Morgan fingerprint density at radius 2 is 0.825 bits per heavy atom. The monoisotopic (exact) mass is 802 g/mol. The molecule has 3 heteroatoms. The smallest absolute Gasteiger partial charge is 0.143 e. The van der Waals surface area contributed by atoms with Crippen molar-refractivity contribution in [2.24, 2.45) is 0 Å². The largest absolute Gasteiger partial charge is 0.455 e. The van der Waals surface area contributed by atoms with Crippen LogP contribution >= 0.6 is 0 Å². The van der Waals surface area contributed by atoms with E-state index in [2.05, 4.69) is 240 Å². The average Bonchev–Trinajstić information content (AvgIpc) is 3.91. The van der Waals surface area contributed by atoms with Crippen LogP contribution in [0.15, 0.2) is 235 Å². The number of hydrogen-bond donors (Lipinski definition) is 0. The third-order valence-corrected chi connectivity index (χ3v) is 13.0. The summed E-state index contributed by atoms with van der Waals surface area (Å²) in [5.41, 5.74) is 13.2. The van der Waals surface area contributed by atoms with Gasteiger partial charge in [-0.15, -0.1) is 0 Å². The number of anilines is 3. The van der Waals surface area contributed by atoms with Crippen LogP contribution in [0.3, 0.4) is 0 Å². The zero-order chi connectivity index (χ0) is 41.4. The highest BCUT2D eigenvalue weighted by molar-refractivity contribution is 6.17. The van der Waals surface area contributed by atoms with Gasteiger partial charge in [0.15, 0.2) is 0 Å². The molecular formula is C60H38N2O. The van der Waals surface area contributed by atoms with E-state index in [4.69, 9.17) is 4.42 Å². The lowest BCUT2D eigenvalue weighted by molar-refractivity contribution is 0.674. The lowest BCUT2D eigenvalue weighted by Crippen LogP contribution is -2.10. The molecule has 13 aromatic rings. The van der Waals surface area contributed by atoms with Crippen LogP contribution < -0.4 is 4.90 Å². The van der Waals surface area contributed by atoms with E-state index in [1.54, 1.807) is 0 Å². The van der Waals surface area contributed by atoms with Gasteiger partial charge < -0.3 is 13.9 Å². The van der Waals surface area contributed by atoms with E-state index < -0.39 is 0 Å². The number of para-hydroxylation sites is 3. The summed E-state index contributed by atoms with van der Waals surface area (Å²) in [7, 11) is 0. The Morgan fingerprint density at radius 3 is 1.56 bits per heavy atom. The van der Waals surface area contributed by atoms with Crippen LogP contribution in [0.4, 0.5) is 17.1 Å². The lowest BCUT2D eigenvalue weighted by atomic mass is 9.99. The SMILES string of the molecule is c1cc(-c2ccc(N(c3ccc(-c4cccc5c4oc4c6ccccc6ccc54)cc3)c3ccc4ccc5ccccc5c4c3)cc2)cc(-n2c3ccccc3c3ccccc32)c1. The second kappa shape index (κ2) is 14.1. The Labute approximate surface area is 363 Å². The molecule has 11 aromatic carbocycles. The van der Waals surface area contributed by atoms with Crippen LogP contribution in [0.1, 0.15) is 0 Å². The van der Waals surface area contributed by atoms with Crippen molar-refractivity contribution in [1.82, 2.24) is 4.57 Å². The van der Waals surface area contributed by atoms with E-state index in [0.717, 1.165) is 66.8 Å². The summed E-state index contributed by atoms with van der Waals surface area (Å²) in [5, 5.41) is 12.0. The molecule has 0 N–H and O–H groups in total. The first-order chi connectivity index (χ1) is 31.2. The summed E-state index contributed by atoms with van der Waals surface area (Å²) in [6.07, 6.45) is 0. The molecule has 0 saturated carbocycles. The fourth-order valence-electron chi connectivity index (χ4n) is 9.95. The van der Waals surface area contributed by atoms with Crippen molar-refractivity contribution in [3.05, 3.63) is 231 Å². The number of aromatic nitrogens is 1. The number of benzene rings is 11. The number of hydrogen-bond acceptors (Lipinski definition) is 2. The zero-order valence-corrected chi connectivity index (χ0v) is 34.2. The second-order valence-corrected chi connectivity index (χ2v) is 16.5. The summed E-state index contributed by atoms with van der Waals surface area (Å²) in [6.45, 7) is 0. The second-order valence-electron chi connectivity index (χ2n) is 16.5. The van der Waals surface area contributed by atoms with Gasteiger partial charge in [-0.3, -0.25) is 0 Å². The summed E-state index contributed by atoms with van der Waals surface area (Å²) in [5.74, 6) is 0. The normalized spacial score (nSPS) is 11.8. The van der Waals surface area contributed by atoms with E-state index in [-0.39, 0.29) is 0 Å². The van der Waals surface area contributed by atoms with Crippen LogP contribution in [0.5, 0.6) is 0 Å². The number of furan rings is 1. The van der Waals surface area contributed by atoms with Gasteiger partial charge in [-0.05, 0) is 110 Å². The van der Waals surface area contributed by atoms with Gasteiger partial charge in [0.05, 0.1) is 11.0 Å². The molecule has 0 unspecified atom stereocenters. The predicted octanol–water partition coefficient (Wildman–Crippen LogP) is 16.9. The molecule has 0 atom stereocenters. The van der Waals surface area contributed by atoms with E-state index in [0.29, 0.717) is 0 Å². The molecule has 0 aliphatic heterocycles. The third kappa shape index (κ3) is 5.67. The molecule has 0 aliphatic carbocycles. The molecule has 63 heavy (non-hydrogen) atoms. The third-order valence-electron chi connectivity index (χ3n) is 13.0. The minimum Gasteiger partial charge on any atom is -0.455 e. The Kier molecular flexibility index (Phi) is 7.91. The number of nitrogens with zero attached hydrogens (tertiary/aromatic N) is 2. The van der Waals surface area contributed by atoms with Gasteiger partial charge in [-0.25, -0.2) is 0 Å². The molecule has 2 aromatic heterocycles. The fraction of sp³-hybridized carbons (Fsp3) is 0. The van der Waals surface area contributed by atoms with Crippen molar-refractivity contribution in [2.45, 2.75) is 0 Å². The van der Waals surface area contributed by atoms with Crippen LogP contribution in [-0.4, -0.2) is 4.57 Å². The maximum atomic E-state index is 6.75. The van der Waals surface area contributed by atoms with E-state index in [1.807, 2.05) is 0 Å². The maximum Gasteiger partial charge on any atom is 0.143 e. The van der Waals surface area contributed by atoms with Gasteiger partial charge in [0, 0.05) is 55.2 Å². The molecule has 2 heterocycles. The summed E-state index contributed by atoms with van der Waals surface area (Å²) >= 11 is 0. The molecule has 0 fully saturated rings. The first kappa shape index (κ1) is 35.4. The van der Waals surface area contributed by atoms with Crippen LogP contribution in [0.2, 0.25) is 0 Å². The van der Waals surface area contributed by atoms with Crippen LogP contribution in [0.25, 0.3) is 104 Å². The maximum absolute atomic E-state index is 6.75. The molecule has 0 spiro atoms. The van der Waals surface area contributed by atoms with E-state index in [9.17, 15) is 0 Å². The van der Waals surface area contributed by atoms with E-state index in [1.165, 1.54) is 54.3 Å². The van der Waals surface area contributed by atoms with Crippen molar-refractivity contribution < 1.29 is 4.42 Å². The molecule has 0 saturated heterocycles. The van der Waals surface area contributed by atoms with Gasteiger partial charge >= 0.3 is 0 Å². The van der Waals surface area contributed by atoms with Gasteiger partial charge in [-0.2, -0.15) is 0 Å². The fourth-order valence-corrected chi connectivity index (χ4v) is 9.95. The molecule has 294 valence electrons. The van der Waals surface area contributed by atoms with Gasteiger partial charge in [-0.1, -0.05) is 164 Å². The topological polar surface area (TPSA) is 21.3 Å². The van der Waals surface area contributed by atoms with Gasteiger partial charge in [0.2, 0.25) is 0 Å². The number of fused-ring (bicyclic) bond motifs is 11. The first-order valence-electron chi connectivity index (χ1n) is 21.6. The Bertz CT molecular complexity index is 3860. The summed E-state index contributed by atoms with van der Waals surface area (Å²) < 4.78 is 9.13. The van der Waals surface area contributed by atoms with Crippen LogP contribution in [-0.2, 0) is 0 Å². The molecule has 13 rings (SSSR count). The highest BCUT2D eigenvalue weighted by Gasteiger charge is 2.18. The Morgan fingerprint density at radius 1 is 0.302 bits per heavy atom. The Balaban J connectivity index is 0.919. The quantitative estimate of drug-likeness (QED) is 0.156. The zero-order valence-electron chi connectivity index (χ0n) is 34.2. The van der Waals surface area contributed by atoms with Crippen molar-refractivity contribution >= 4 is 93.1 Å². The molecule has 0 aliphatic rings. The summed E-state index contributed by atoms with van der Waals surface area (Å²) in [4.78, 5) is 2.37. The van der Waals surface area contributed by atoms with Crippen molar-refractivity contribution in [3.8, 4) is 27.9 Å². The average molecular weight is 803 g/mol. The minimum absolute atomic E-state index is 0.910. The van der Waals surface area contributed by atoms with Crippen molar-refractivity contribution in [1.29, 1.82) is 0 Å². The highest BCUT2D eigenvalue weighted by Crippen LogP contribution is 2.42. The molecular weight excluding hydrogens is 765 g/mol. The molecule has 0 bridgehead atoms. The first-order valence-corrected chi connectivity index (χ1v) is 21.6. The highest BCUT2D eigenvalue weighted by atomic mass is 16.3. The minimum atomic E-state index is 0.910. The number of rotatable bonds is 6. The van der Waals surface area contributed by atoms with Crippen LogP contribution in [0, 0.1) is 0 Å². The Hall–Kier alpha value is -8.40. The van der Waals surface area contributed by atoms with Crippen molar-refractivity contribution in [3.63, 3.8) is 0 Å². The predicted molar refractivity (Wildman–Crippen MR) is 266 cm³/mol. The van der Waals surface area contributed by atoms with Crippen molar-refractivity contribution in [2.75, 3.05) is 4.90 Å². The molecule has 3 nitrogen and oxygen atoms in total. The standard InChI is InChI=1S/C60H38N2O/c1-3-15-49-40(11-1)23-24-43-29-35-48(38-56(43)49)61(46-33-27-42(28-34-46)51-19-10-20-54-55-36-30-41-12-2-4-16-50(41)60(55)63-59(51)54)45-31-25-39(26-32-45)44-13-9-14-47(37-44)62-57-21-7-5-17-52(57)53-18-6-8-22-58(53)62/h1-38H. The summed E-state index contributed by atoms with van der Waals surface area (Å²) in [6, 6.07) is 83.5. The van der Waals surface area contributed by atoms with Gasteiger partial charge in [0.25, 0.3) is 0 Å². The van der Waals surface area contributed by atoms with Gasteiger partial charge in [0.1, 0.15) is 11.2 Å².